The summed E-state index contributed by atoms with van der Waals surface area (Å²) in [6.07, 6.45) is 0.184. The molecule has 0 spiro atoms. The van der Waals surface area contributed by atoms with Gasteiger partial charge in [-0.05, 0) is 67.7 Å². The molecule has 0 amide bonds. The molecule has 0 saturated heterocycles. The smallest absolute Gasteiger partial charge is 0.347 e. The van der Waals surface area contributed by atoms with E-state index in [-0.39, 0.29) is 29.2 Å². The predicted molar refractivity (Wildman–Crippen MR) is 112 cm³/mol. The summed E-state index contributed by atoms with van der Waals surface area (Å²) in [4.78, 5) is 13.1. The summed E-state index contributed by atoms with van der Waals surface area (Å²) in [6, 6.07) is 9.50. The Hall–Kier alpha value is -2.57. The zero-order valence-corrected chi connectivity index (χ0v) is 17.7. The van der Waals surface area contributed by atoms with Crippen LogP contribution in [0.5, 0.6) is 5.75 Å². The SMILES string of the molecule is Cc1cc(C)c(-c2c(O)c(C)c(CC[S+]([O-])c3cccc(F)c3)oc2=O)c(C)c1. The van der Waals surface area contributed by atoms with Gasteiger partial charge in [0.1, 0.15) is 28.6 Å². The number of aromatic hydroxyl groups is 1. The molecule has 29 heavy (non-hydrogen) atoms. The minimum Gasteiger partial charge on any atom is -0.611 e. The van der Waals surface area contributed by atoms with E-state index in [9.17, 15) is 18.8 Å². The van der Waals surface area contributed by atoms with Crippen LogP contribution in [0, 0.1) is 33.5 Å². The summed E-state index contributed by atoms with van der Waals surface area (Å²) in [7, 11) is 0. The molecular formula is C23H23FO4S. The van der Waals surface area contributed by atoms with Crippen LogP contribution in [0.25, 0.3) is 11.1 Å². The Bertz CT molecular complexity index is 1100. The quantitative estimate of drug-likeness (QED) is 0.612. The maximum atomic E-state index is 13.3. The molecule has 2 aromatic carbocycles. The standard InChI is InChI=1S/C23H23FO4S/c1-13-10-14(2)20(15(3)11-13)21-22(25)16(4)19(28-23(21)26)8-9-29(27)18-7-5-6-17(24)12-18/h5-7,10-12,25H,8-9H2,1-4H3. The summed E-state index contributed by atoms with van der Waals surface area (Å²) < 4.78 is 31.3. The molecule has 0 aliphatic carbocycles. The molecule has 0 aliphatic heterocycles. The molecule has 0 saturated carbocycles. The highest BCUT2D eigenvalue weighted by Crippen LogP contribution is 2.35. The van der Waals surface area contributed by atoms with Crippen molar-refractivity contribution in [2.75, 3.05) is 5.75 Å². The molecule has 1 unspecified atom stereocenters. The number of hydrogen-bond acceptors (Lipinski definition) is 4. The van der Waals surface area contributed by atoms with Gasteiger partial charge in [-0.3, -0.25) is 0 Å². The third-order valence-corrected chi connectivity index (χ3v) is 6.29. The number of rotatable bonds is 5. The first kappa shape index (κ1) is 21.1. The van der Waals surface area contributed by atoms with Crippen molar-refractivity contribution in [2.24, 2.45) is 0 Å². The van der Waals surface area contributed by atoms with Crippen LogP contribution >= 0.6 is 0 Å². The van der Waals surface area contributed by atoms with Crippen molar-refractivity contribution in [1.29, 1.82) is 0 Å². The van der Waals surface area contributed by atoms with E-state index in [0.717, 1.165) is 16.7 Å². The van der Waals surface area contributed by atoms with Crippen molar-refractivity contribution >= 4 is 11.2 Å². The Balaban J connectivity index is 1.93. The van der Waals surface area contributed by atoms with Gasteiger partial charge in [0.2, 0.25) is 0 Å². The molecule has 0 fully saturated rings. The van der Waals surface area contributed by atoms with E-state index >= 15 is 0 Å². The van der Waals surface area contributed by atoms with Crippen molar-refractivity contribution in [3.63, 3.8) is 0 Å². The molecule has 1 atom stereocenters. The Kier molecular flexibility index (Phi) is 6.15. The van der Waals surface area contributed by atoms with Crippen LogP contribution in [-0.4, -0.2) is 15.4 Å². The average Bonchev–Trinajstić information content (AvgIpc) is 2.65. The number of aryl methyl sites for hydroxylation is 4. The topological polar surface area (TPSA) is 73.5 Å². The summed E-state index contributed by atoms with van der Waals surface area (Å²) in [5.74, 6) is -0.148. The van der Waals surface area contributed by atoms with Crippen LogP contribution in [0.3, 0.4) is 0 Å². The number of hydrogen-bond donors (Lipinski definition) is 1. The van der Waals surface area contributed by atoms with E-state index in [1.165, 1.54) is 18.2 Å². The molecule has 0 radical (unpaired) electrons. The molecule has 0 aliphatic rings. The first-order valence-electron chi connectivity index (χ1n) is 9.26. The van der Waals surface area contributed by atoms with E-state index in [1.54, 1.807) is 13.0 Å². The number of benzene rings is 2. The number of halogens is 1. The zero-order chi connectivity index (χ0) is 21.3. The molecule has 1 aromatic heterocycles. The Morgan fingerprint density at radius 3 is 2.34 bits per heavy atom. The summed E-state index contributed by atoms with van der Waals surface area (Å²) >= 11 is -1.45. The Labute approximate surface area is 172 Å². The predicted octanol–water partition coefficient (Wildman–Crippen LogP) is 4.74. The molecule has 0 bridgehead atoms. The Morgan fingerprint density at radius 2 is 1.72 bits per heavy atom. The molecule has 6 heteroatoms. The van der Waals surface area contributed by atoms with E-state index < -0.39 is 22.6 Å². The lowest BCUT2D eigenvalue weighted by molar-refractivity contribution is 0.422. The maximum absolute atomic E-state index is 13.3. The fourth-order valence-electron chi connectivity index (χ4n) is 3.60. The van der Waals surface area contributed by atoms with Crippen LogP contribution in [0.4, 0.5) is 4.39 Å². The van der Waals surface area contributed by atoms with Gasteiger partial charge < -0.3 is 14.1 Å². The molecule has 4 nitrogen and oxygen atoms in total. The van der Waals surface area contributed by atoms with E-state index in [2.05, 4.69) is 0 Å². The van der Waals surface area contributed by atoms with Gasteiger partial charge in [-0.15, -0.1) is 0 Å². The second-order valence-electron chi connectivity index (χ2n) is 7.19. The molecular weight excluding hydrogens is 391 g/mol. The fraction of sp³-hybridized carbons (Fsp3) is 0.261. The minimum atomic E-state index is -1.45. The van der Waals surface area contributed by atoms with Crippen LogP contribution in [-0.2, 0) is 17.6 Å². The fourth-order valence-corrected chi connectivity index (χ4v) is 4.68. The van der Waals surface area contributed by atoms with E-state index in [0.29, 0.717) is 16.0 Å². The normalized spacial score (nSPS) is 12.2. The van der Waals surface area contributed by atoms with Crippen LogP contribution in [0.1, 0.15) is 28.0 Å². The highest BCUT2D eigenvalue weighted by Gasteiger charge is 2.22. The summed E-state index contributed by atoms with van der Waals surface area (Å²) in [6.45, 7) is 7.42. The van der Waals surface area contributed by atoms with Gasteiger partial charge in [-0.25, -0.2) is 9.18 Å². The van der Waals surface area contributed by atoms with Crippen LogP contribution < -0.4 is 5.63 Å². The maximum Gasteiger partial charge on any atom is 0.347 e. The second kappa shape index (κ2) is 8.43. The Morgan fingerprint density at radius 1 is 1.07 bits per heavy atom. The van der Waals surface area contributed by atoms with Gasteiger partial charge in [-0.1, -0.05) is 23.8 Å². The van der Waals surface area contributed by atoms with Crippen molar-refractivity contribution < 1.29 is 18.5 Å². The summed E-state index contributed by atoms with van der Waals surface area (Å²) in [5.41, 5.74) is 3.45. The van der Waals surface area contributed by atoms with Gasteiger partial charge in [-0.2, -0.15) is 0 Å². The monoisotopic (exact) mass is 414 g/mol. The third kappa shape index (κ3) is 4.38. The molecule has 1 N–H and O–H groups in total. The second-order valence-corrected chi connectivity index (χ2v) is 8.76. The van der Waals surface area contributed by atoms with Crippen molar-refractivity contribution in [1.82, 2.24) is 0 Å². The third-order valence-electron chi connectivity index (χ3n) is 4.93. The van der Waals surface area contributed by atoms with E-state index in [4.69, 9.17) is 4.42 Å². The van der Waals surface area contributed by atoms with Crippen LogP contribution in [0.15, 0.2) is 50.5 Å². The molecule has 152 valence electrons. The van der Waals surface area contributed by atoms with Gasteiger partial charge >= 0.3 is 5.63 Å². The van der Waals surface area contributed by atoms with Gasteiger partial charge in [0.15, 0.2) is 4.90 Å². The minimum absolute atomic E-state index is 0.122. The van der Waals surface area contributed by atoms with Crippen molar-refractivity contribution in [3.8, 4) is 16.9 Å². The lowest BCUT2D eigenvalue weighted by atomic mass is 9.93. The van der Waals surface area contributed by atoms with Crippen LogP contribution in [0.2, 0.25) is 0 Å². The summed E-state index contributed by atoms with van der Waals surface area (Å²) in [5, 5.41) is 10.8. The van der Waals surface area contributed by atoms with Gasteiger partial charge in [0.05, 0.1) is 6.42 Å². The highest BCUT2D eigenvalue weighted by molar-refractivity contribution is 7.91. The lowest BCUT2D eigenvalue weighted by Crippen LogP contribution is -2.14. The van der Waals surface area contributed by atoms with Crippen molar-refractivity contribution in [3.05, 3.63) is 80.6 Å². The molecule has 3 rings (SSSR count). The van der Waals surface area contributed by atoms with Gasteiger partial charge in [0, 0.05) is 11.6 Å². The molecule has 1 heterocycles. The zero-order valence-electron chi connectivity index (χ0n) is 16.8. The molecule has 3 aromatic rings. The lowest BCUT2D eigenvalue weighted by Gasteiger charge is -2.15. The largest absolute Gasteiger partial charge is 0.611 e. The first-order chi connectivity index (χ1) is 13.7. The van der Waals surface area contributed by atoms with E-state index in [1.807, 2.05) is 32.9 Å². The highest BCUT2D eigenvalue weighted by atomic mass is 32.2. The first-order valence-corrected chi connectivity index (χ1v) is 10.6. The average molecular weight is 414 g/mol. The van der Waals surface area contributed by atoms with Crippen molar-refractivity contribution in [2.45, 2.75) is 39.0 Å². The van der Waals surface area contributed by atoms with Gasteiger partial charge in [0.25, 0.3) is 0 Å².